The van der Waals surface area contributed by atoms with E-state index in [4.69, 9.17) is 0 Å². The van der Waals surface area contributed by atoms with Crippen molar-refractivity contribution in [1.82, 2.24) is 24.5 Å². The minimum Gasteiger partial charge on any atom is -0.314 e. The van der Waals surface area contributed by atoms with E-state index in [0.717, 1.165) is 19.4 Å². The molecule has 1 fully saturated rings. The lowest BCUT2D eigenvalue weighted by molar-refractivity contribution is 0.477. The maximum Gasteiger partial charge on any atom is 0.350 e. The summed E-state index contributed by atoms with van der Waals surface area (Å²) in [7, 11) is 0. The van der Waals surface area contributed by atoms with Gasteiger partial charge in [0.2, 0.25) is 0 Å². The molecule has 2 aromatic heterocycles. The smallest absolute Gasteiger partial charge is 0.314 e. The van der Waals surface area contributed by atoms with E-state index in [1.807, 2.05) is 0 Å². The second-order valence-corrected chi connectivity index (χ2v) is 4.75. The van der Waals surface area contributed by atoms with Gasteiger partial charge in [-0.05, 0) is 32.2 Å². The molecule has 1 unspecified atom stereocenters. The Labute approximate surface area is 105 Å². The van der Waals surface area contributed by atoms with Crippen LogP contribution in [0.3, 0.4) is 0 Å². The second-order valence-electron chi connectivity index (χ2n) is 4.75. The summed E-state index contributed by atoms with van der Waals surface area (Å²) < 4.78 is 3.06. The van der Waals surface area contributed by atoms with Crippen LogP contribution in [0.1, 0.15) is 25.7 Å². The van der Waals surface area contributed by atoms with Crippen molar-refractivity contribution in [2.24, 2.45) is 0 Å². The van der Waals surface area contributed by atoms with Crippen LogP contribution in [0.4, 0.5) is 0 Å². The van der Waals surface area contributed by atoms with Crippen LogP contribution in [0, 0.1) is 0 Å². The summed E-state index contributed by atoms with van der Waals surface area (Å²) in [6.45, 7) is 1.81. The standard InChI is InChI=1S/C12H17N5O/c18-12-16-8-6-13-9-11(16)15-17(12)7-2-4-10-3-1-5-14-10/h6,8-10,14H,1-5,7H2. The minimum atomic E-state index is -0.0771. The Kier molecular flexibility index (Phi) is 3.10. The number of nitrogens with zero attached hydrogens (tertiary/aromatic N) is 4. The first kappa shape index (κ1) is 11.4. The Hall–Kier alpha value is -1.69. The first-order valence-corrected chi connectivity index (χ1v) is 6.47. The summed E-state index contributed by atoms with van der Waals surface area (Å²) >= 11 is 0. The van der Waals surface area contributed by atoms with Crippen molar-refractivity contribution in [3.05, 3.63) is 29.1 Å². The van der Waals surface area contributed by atoms with E-state index in [9.17, 15) is 4.79 Å². The molecule has 1 saturated heterocycles. The van der Waals surface area contributed by atoms with E-state index in [1.54, 1.807) is 18.6 Å². The summed E-state index contributed by atoms with van der Waals surface area (Å²) in [6.07, 6.45) is 9.47. The molecule has 0 bridgehead atoms. The van der Waals surface area contributed by atoms with Crippen molar-refractivity contribution in [1.29, 1.82) is 0 Å². The monoisotopic (exact) mass is 247 g/mol. The second kappa shape index (κ2) is 4.89. The van der Waals surface area contributed by atoms with Crippen molar-refractivity contribution in [3.63, 3.8) is 0 Å². The number of nitrogens with one attached hydrogen (secondary N) is 1. The summed E-state index contributed by atoms with van der Waals surface area (Å²) in [4.78, 5) is 15.9. The fourth-order valence-corrected chi connectivity index (χ4v) is 2.52. The van der Waals surface area contributed by atoms with Gasteiger partial charge in [-0.1, -0.05) is 0 Å². The SMILES string of the molecule is O=c1n(CCCC2CCCN2)nc2cnccn12. The molecule has 0 radical (unpaired) electrons. The highest BCUT2D eigenvalue weighted by Gasteiger charge is 2.13. The molecule has 18 heavy (non-hydrogen) atoms. The predicted octanol–water partition coefficient (Wildman–Crippen LogP) is 0.423. The molecule has 0 aromatic carbocycles. The van der Waals surface area contributed by atoms with E-state index in [0.29, 0.717) is 18.2 Å². The zero-order valence-electron chi connectivity index (χ0n) is 10.2. The van der Waals surface area contributed by atoms with Crippen molar-refractivity contribution >= 4 is 5.65 Å². The van der Waals surface area contributed by atoms with Gasteiger partial charge >= 0.3 is 5.69 Å². The fraction of sp³-hybridized carbons (Fsp3) is 0.583. The molecule has 0 spiro atoms. The van der Waals surface area contributed by atoms with Gasteiger partial charge in [0.25, 0.3) is 0 Å². The molecular weight excluding hydrogens is 230 g/mol. The maximum absolute atomic E-state index is 12.0. The third-order valence-corrected chi connectivity index (χ3v) is 3.47. The van der Waals surface area contributed by atoms with Crippen LogP contribution in [-0.4, -0.2) is 31.8 Å². The van der Waals surface area contributed by atoms with Crippen LogP contribution in [0.5, 0.6) is 0 Å². The summed E-state index contributed by atoms with van der Waals surface area (Å²) in [5.74, 6) is 0. The van der Waals surface area contributed by atoms with Crippen LogP contribution in [0.25, 0.3) is 5.65 Å². The number of aryl methyl sites for hydroxylation is 1. The molecule has 0 aliphatic carbocycles. The molecule has 6 nitrogen and oxygen atoms in total. The maximum atomic E-state index is 12.0. The average Bonchev–Trinajstić information content (AvgIpc) is 3.00. The molecule has 3 heterocycles. The lowest BCUT2D eigenvalue weighted by Gasteiger charge is -2.08. The lowest BCUT2D eigenvalue weighted by Crippen LogP contribution is -2.24. The van der Waals surface area contributed by atoms with Gasteiger partial charge in [0, 0.05) is 25.0 Å². The highest BCUT2D eigenvalue weighted by molar-refractivity contribution is 5.31. The molecule has 1 N–H and O–H groups in total. The van der Waals surface area contributed by atoms with Gasteiger partial charge < -0.3 is 5.32 Å². The molecular formula is C12H17N5O. The molecule has 1 aliphatic rings. The summed E-state index contributed by atoms with van der Waals surface area (Å²) in [5.41, 5.74) is 0.535. The zero-order valence-corrected chi connectivity index (χ0v) is 10.2. The molecule has 6 heteroatoms. The van der Waals surface area contributed by atoms with Gasteiger partial charge in [-0.15, -0.1) is 5.10 Å². The van der Waals surface area contributed by atoms with Crippen molar-refractivity contribution in [2.75, 3.05) is 6.54 Å². The van der Waals surface area contributed by atoms with Crippen molar-refractivity contribution < 1.29 is 0 Å². The summed E-state index contributed by atoms with van der Waals surface area (Å²) in [6, 6.07) is 0.624. The molecule has 1 atom stereocenters. The lowest BCUT2D eigenvalue weighted by atomic mass is 10.1. The van der Waals surface area contributed by atoms with Crippen LogP contribution in [-0.2, 0) is 6.54 Å². The van der Waals surface area contributed by atoms with Gasteiger partial charge in [-0.2, -0.15) is 0 Å². The Balaban J connectivity index is 1.67. The Morgan fingerprint density at radius 2 is 2.44 bits per heavy atom. The van der Waals surface area contributed by atoms with E-state index >= 15 is 0 Å². The van der Waals surface area contributed by atoms with Crippen LogP contribution in [0.15, 0.2) is 23.4 Å². The van der Waals surface area contributed by atoms with E-state index in [2.05, 4.69) is 15.4 Å². The first-order chi connectivity index (χ1) is 8.84. The van der Waals surface area contributed by atoms with Gasteiger partial charge in [0.15, 0.2) is 5.65 Å². The minimum absolute atomic E-state index is 0.0771. The largest absolute Gasteiger partial charge is 0.350 e. The highest BCUT2D eigenvalue weighted by atomic mass is 16.2. The predicted molar refractivity (Wildman–Crippen MR) is 67.5 cm³/mol. The topological polar surface area (TPSA) is 64.2 Å². The Bertz CT molecular complexity index is 581. The third-order valence-electron chi connectivity index (χ3n) is 3.47. The van der Waals surface area contributed by atoms with Crippen LogP contribution in [0.2, 0.25) is 0 Å². The zero-order chi connectivity index (χ0) is 12.4. The molecule has 2 aromatic rings. The van der Waals surface area contributed by atoms with E-state index in [-0.39, 0.29) is 5.69 Å². The van der Waals surface area contributed by atoms with Gasteiger partial charge in [-0.3, -0.25) is 4.98 Å². The number of aromatic nitrogens is 4. The number of hydrogen-bond donors (Lipinski definition) is 1. The van der Waals surface area contributed by atoms with E-state index < -0.39 is 0 Å². The van der Waals surface area contributed by atoms with Gasteiger partial charge in [-0.25, -0.2) is 13.9 Å². The van der Waals surface area contributed by atoms with E-state index in [1.165, 1.54) is 21.9 Å². The average molecular weight is 247 g/mol. The normalized spacial score (nSPS) is 19.7. The molecule has 1 aliphatic heterocycles. The number of rotatable bonds is 4. The van der Waals surface area contributed by atoms with Crippen LogP contribution < -0.4 is 11.0 Å². The summed E-state index contributed by atoms with van der Waals surface area (Å²) in [5, 5.41) is 7.72. The van der Waals surface area contributed by atoms with Gasteiger partial charge in [0.05, 0.1) is 6.20 Å². The van der Waals surface area contributed by atoms with Crippen LogP contribution >= 0.6 is 0 Å². The quantitative estimate of drug-likeness (QED) is 0.850. The molecule has 96 valence electrons. The number of fused-ring (bicyclic) bond motifs is 1. The number of hydrogen-bond acceptors (Lipinski definition) is 4. The highest BCUT2D eigenvalue weighted by Crippen LogP contribution is 2.10. The fourth-order valence-electron chi connectivity index (χ4n) is 2.52. The Morgan fingerprint density at radius 3 is 3.22 bits per heavy atom. The molecule has 0 amide bonds. The molecule has 3 rings (SSSR count). The van der Waals surface area contributed by atoms with Crippen molar-refractivity contribution in [2.45, 2.75) is 38.3 Å². The van der Waals surface area contributed by atoms with Crippen molar-refractivity contribution in [3.8, 4) is 0 Å². The Morgan fingerprint density at radius 1 is 1.50 bits per heavy atom. The molecule has 0 saturated carbocycles. The van der Waals surface area contributed by atoms with Gasteiger partial charge in [0.1, 0.15) is 0 Å². The first-order valence-electron chi connectivity index (χ1n) is 6.47. The third kappa shape index (κ3) is 2.15.